The molecule has 0 fully saturated rings. The number of anilines is 1. The number of hydrogen-bond acceptors (Lipinski definition) is 5. The van der Waals surface area contributed by atoms with Crippen LogP contribution in [-0.2, 0) is 0 Å². The van der Waals surface area contributed by atoms with Gasteiger partial charge < -0.3 is 15.5 Å². The van der Waals surface area contributed by atoms with Gasteiger partial charge in [-0.2, -0.15) is 0 Å². The van der Waals surface area contributed by atoms with Crippen molar-refractivity contribution in [3.05, 3.63) is 16.9 Å². The Morgan fingerprint density at radius 3 is 2.27 bits per heavy atom. The third-order valence-corrected chi connectivity index (χ3v) is 2.69. The van der Waals surface area contributed by atoms with E-state index in [4.69, 9.17) is 0 Å². The summed E-state index contributed by atoms with van der Waals surface area (Å²) < 4.78 is 0.781. The smallest absolute Gasteiger partial charge is 0.223 e. The Bertz CT molecular complexity index is 292. The molecular weight excluding hydrogens is 262 g/mol. The van der Waals surface area contributed by atoms with Crippen molar-refractivity contribution in [2.45, 2.75) is 18.9 Å². The molecule has 0 aromatic carbocycles. The predicted octanol–water partition coefficient (Wildman–Crippen LogP) is 0.784. The minimum absolute atomic E-state index is 0.167. The monoisotopic (exact) mass is 275 g/mol. The van der Waals surface area contributed by atoms with Crippen LogP contribution in [0.15, 0.2) is 16.9 Å². The van der Waals surface area contributed by atoms with Gasteiger partial charge in [-0.25, -0.2) is 9.97 Å². The second kappa shape index (κ2) is 5.39. The van der Waals surface area contributed by atoms with Crippen molar-refractivity contribution >= 4 is 21.9 Å². The molecule has 0 amide bonds. The highest BCUT2D eigenvalue weighted by molar-refractivity contribution is 9.10. The lowest BCUT2D eigenvalue weighted by Crippen LogP contribution is -2.45. The van der Waals surface area contributed by atoms with Crippen molar-refractivity contribution in [1.82, 2.24) is 9.97 Å². The van der Waals surface area contributed by atoms with Crippen LogP contribution in [-0.4, -0.2) is 38.9 Å². The van der Waals surface area contributed by atoms with Gasteiger partial charge in [-0.15, -0.1) is 0 Å². The van der Waals surface area contributed by atoms with Crippen LogP contribution in [0.25, 0.3) is 0 Å². The minimum Gasteiger partial charge on any atom is -0.394 e. The second-order valence-electron chi connectivity index (χ2n) is 3.30. The number of aromatic nitrogens is 2. The summed E-state index contributed by atoms with van der Waals surface area (Å²) in [6.07, 6.45) is 3.79. The van der Waals surface area contributed by atoms with E-state index in [0.29, 0.717) is 12.4 Å². The predicted molar refractivity (Wildman–Crippen MR) is 60.5 cm³/mol. The van der Waals surface area contributed by atoms with E-state index in [1.54, 1.807) is 12.4 Å². The van der Waals surface area contributed by atoms with Crippen LogP contribution in [0.2, 0.25) is 0 Å². The maximum atomic E-state index is 9.21. The molecule has 0 bridgehead atoms. The molecule has 15 heavy (non-hydrogen) atoms. The summed E-state index contributed by atoms with van der Waals surface area (Å²) in [5.41, 5.74) is -0.756. The molecule has 1 aromatic heterocycles. The van der Waals surface area contributed by atoms with Crippen molar-refractivity contribution in [2.24, 2.45) is 0 Å². The Morgan fingerprint density at radius 2 is 1.87 bits per heavy atom. The molecule has 0 unspecified atom stereocenters. The lowest BCUT2D eigenvalue weighted by atomic mass is 9.99. The van der Waals surface area contributed by atoms with Crippen molar-refractivity contribution < 1.29 is 10.2 Å². The van der Waals surface area contributed by atoms with Gasteiger partial charge >= 0.3 is 0 Å². The van der Waals surface area contributed by atoms with Gasteiger partial charge in [-0.1, -0.05) is 6.92 Å². The van der Waals surface area contributed by atoms with Gasteiger partial charge in [0, 0.05) is 12.4 Å². The number of aliphatic hydroxyl groups is 2. The van der Waals surface area contributed by atoms with Gasteiger partial charge in [0.1, 0.15) is 0 Å². The summed E-state index contributed by atoms with van der Waals surface area (Å²) in [4.78, 5) is 8.03. The van der Waals surface area contributed by atoms with Crippen molar-refractivity contribution in [3.8, 4) is 0 Å². The summed E-state index contributed by atoms with van der Waals surface area (Å²) in [6, 6.07) is 0. The van der Waals surface area contributed by atoms with Crippen LogP contribution in [0, 0.1) is 0 Å². The Morgan fingerprint density at radius 1 is 1.33 bits per heavy atom. The molecule has 84 valence electrons. The van der Waals surface area contributed by atoms with E-state index in [1.807, 2.05) is 6.92 Å². The largest absolute Gasteiger partial charge is 0.394 e. The van der Waals surface area contributed by atoms with Crippen LogP contribution in [0.1, 0.15) is 13.3 Å². The number of nitrogens with one attached hydrogen (secondary N) is 1. The molecule has 5 nitrogen and oxygen atoms in total. The van der Waals surface area contributed by atoms with Crippen molar-refractivity contribution in [2.75, 3.05) is 18.5 Å². The second-order valence-corrected chi connectivity index (χ2v) is 4.22. The molecule has 0 saturated carbocycles. The zero-order valence-electron chi connectivity index (χ0n) is 8.44. The SMILES string of the molecule is CCC(CO)(CO)Nc1ncc(Br)cn1. The van der Waals surface area contributed by atoms with Gasteiger partial charge in [0.15, 0.2) is 0 Å². The lowest BCUT2D eigenvalue weighted by Gasteiger charge is -2.29. The first-order valence-electron chi connectivity index (χ1n) is 4.63. The molecule has 0 saturated heterocycles. The fourth-order valence-corrected chi connectivity index (χ4v) is 1.26. The quantitative estimate of drug-likeness (QED) is 0.741. The Kier molecular flexibility index (Phi) is 4.44. The lowest BCUT2D eigenvalue weighted by molar-refractivity contribution is 0.132. The Balaban J connectivity index is 2.78. The summed E-state index contributed by atoms with van der Waals surface area (Å²) in [6.45, 7) is 1.54. The molecule has 1 aromatic rings. The average Bonchev–Trinajstić information content (AvgIpc) is 2.29. The first kappa shape index (κ1) is 12.4. The molecule has 3 N–H and O–H groups in total. The third-order valence-electron chi connectivity index (χ3n) is 2.28. The van der Waals surface area contributed by atoms with E-state index in [0.717, 1.165) is 4.47 Å². The topological polar surface area (TPSA) is 78.3 Å². The molecular formula is C9H14BrN3O2. The molecule has 1 heterocycles. The number of halogens is 1. The highest BCUT2D eigenvalue weighted by atomic mass is 79.9. The number of nitrogens with zero attached hydrogens (tertiary/aromatic N) is 2. The summed E-state index contributed by atoms with van der Waals surface area (Å²) in [7, 11) is 0. The van der Waals surface area contributed by atoms with Crippen molar-refractivity contribution in [3.63, 3.8) is 0 Å². The molecule has 0 aliphatic carbocycles. The van der Waals surface area contributed by atoms with Crippen LogP contribution in [0.5, 0.6) is 0 Å². The van der Waals surface area contributed by atoms with Crippen LogP contribution in [0.3, 0.4) is 0 Å². The number of hydrogen-bond donors (Lipinski definition) is 3. The normalized spacial score (nSPS) is 11.5. The zero-order valence-corrected chi connectivity index (χ0v) is 10.0. The highest BCUT2D eigenvalue weighted by Gasteiger charge is 2.27. The maximum absolute atomic E-state index is 9.21. The summed E-state index contributed by atoms with van der Waals surface area (Å²) in [5.74, 6) is 0.392. The van der Waals surface area contributed by atoms with Gasteiger partial charge in [-0.05, 0) is 22.4 Å². The highest BCUT2D eigenvalue weighted by Crippen LogP contribution is 2.15. The Hall–Kier alpha value is -0.720. The maximum Gasteiger partial charge on any atom is 0.223 e. The Labute approximate surface area is 96.7 Å². The molecule has 0 atom stereocenters. The molecule has 0 radical (unpaired) electrons. The van der Waals surface area contributed by atoms with E-state index >= 15 is 0 Å². The molecule has 0 aliphatic heterocycles. The van der Waals surface area contributed by atoms with E-state index in [2.05, 4.69) is 31.2 Å². The van der Waals surface area contributed by atoms with Gasteiger partial charge in [0.2, 0.25) is 5.95 Å². The fraction of sp³-hybridized carbons (Fsp3) is 0.556. The van der Waals surface area contributed by atoms with E-state index in [9.17, 15) is 10.2 Å². The van der Waals surface area contributed by atoms with Crippen LogP contribution in [0.4, 0.5) is 5.95 Å². The minimum atomic E-state index is -0.756. The molecule has 0 aliphatic rings. The number of rotatable bonds is 5. The van der Waals surface area contributed by atoms with Gasteiger partial charge in [-0.3, -0.25) is 0 Å². The first-order chi connectivity index (χ1) is 7.15. The van der Waals surface area contributed by atoms with Crippen LogP contribution >= 0.6 is 15.9 Å². The molecule has 0 spiro atoms. The molecule has 6 heteroatoms. The molecule has 1 rings (SSSR count). The first-order valence-corrected chi connectivity index (χ1v) is 5.42. The fourth-order valence-electron chi connectivity index (χ4n) is 1.06. The van der Waals surface area contributed by atoms with E-state index in [1.165, 1.54) is 0 Å². The van der Waals surface area contributed by atoms with E-state index < -0.39 is 5.54 Å². The summed E-state index contributed by atoms with van der Waals surface area (Å²) >= 11 is 3.22. The standard InChI is InChI=1S/C9H14BrN3O2/c1-2-9(5-14,6-15)13-8-11-3-7(10)4-12-8/h3-4,14-15H,2,5-6H2,1H3,(H,11,12,13). The van der Waals surface area contributed by atoms with Gasteiger partial charge in [0.05, 0.1) is 23.2 Å². The third kappa shape index (κ3) is 3.12. The van der Waals surface area contributed by atoms with Gasteiger partial charge in [0.25, 0.3) is 0 Å². The number of aliphatic hydroxyl groups excluding tert-OH is 2. The van der Waals surface area contributed by atoms with Crippen molar-refractivity contribution in [1.29, 1.82) is 0 Å². The van der Waals surface area contributed by atoms with Crippen LogP contribution < -0.4 is 5.32 Å². The van der Waals surface area contributed by atoms with E-state index in [-0.39, 0.29) is 13.2 Å². The average molecular weight is 276 g/mol. The summed E-state index contributed by atoms with van der Waals surface area (Å²) in [5, 5.41) is 21.3. The zero-order chi connectivity index (χ0) is 11.3.